The molecule has 3 aromatic carbocycles. The second-order valence-electron chi connectivity index (χ2n) is 8.40. The van der Waals surface area contributed by atoms with E-state index >= 15 is 0 Å². The lowest BCUT2D eigenvalue weighted by Gasteiger charge is -2.14. The van der Waals surface area contributed by atoms with Crippen molar-refractivity contribution in [1.29, 1.82) is 0 Å². The van der Waals surface area contributed by atoms with Crippen LogP contribution in [-0.4, -0.2) is 27.6 Å². The average molecular weight is 503 g/mol. The number of benzene rings is 3. The number of thiocarbonyl (C=S) groups is 1. The van der Waals surface area contributed by atoms with Crippen molar-refractivity contribution in [3.05, 3.63) is 100 Å². The van der Waals surface area contributed by atoms with Gasteiger partial charge in [0.25, 0.3) is 11.8 Å². The number of anilines is 1. The van der Waals surface area contributed by atoms with Crippen LogP contribution in [0.4, 0.5) is 5.69 Å². The first-order valence-electron chi connectivity index (χ1n) is 11.3. The number of nitrogens with one attached hydrogen (secondary N) is 1. The summed E-state index contributed by atoms with van der Waals surface area (Å²) in [5.41, 5.74) is 3.77. The normalized spacial score (nSPS) is 14.6. The number of thioether (sulfide) groups is 1. The highest BCUT2D eigenvalue weighted by Gasteiger charge is 2.31. The maximum absolute atomic E-state index is 12.9. The molecule has 0 unspecified atom stereocenters. The van der Waals surface area contributed by atoms with Gasteiger partial charge in [0, 0.05) is 5.69 Å². The molecular weight excluding hydrogens is 476 g/mol. The summed E-state index contributed by atoms with van der Waals surface area (Å²) in [5, 5.41) is 2.92. The summed E-state index contributed by atoms with van der Waals surface area (Å²) < 4.78 is 6.20. The molecule has 1 saturated heterocycles. The van der Waals surface area contributed by atoms with Gasteiger partial charge in [0.05, 0.1) is 11.4 Å². The largest absolute Gasteiger partial charge is 0.484 e. The third-order valence-electron chi connectivity index (χ3n) is 5.46. The second-order valence-corrected chi connectivity index (χ2v) is 10.1. The molecule has 1 aliphatic rings. The minimum absolute atomic E-state index is 0.0933. The number of ether oxygens (including phenoxy) is 1. The fraction of sp³-hybridized carbons (Fsp3) is 0.179. The van der Waals surface area contributed by atoms with E-state index in [9.17, 15) is 9.59 Å². The third-order valence-corrected chi connectivity index (χ3v) is 6.84. The third kappa shape index (κ3) is 6.38. The number of para-hydroxylation sites is 1. The molecule has 0 atom stereocenters. The Morgan fingerprint density at radius 1 is 1.03 bits per heavy atom. The molecule has 0 spiro atoms. The summed E-state index contributed by atoms with van der Waals surface area (Å²) in [6, 6.07) is 24.8. The standard InChI is InChI=1S/C28H26N2O3S2/c1-19(2)23-10-6-7-11-24(23)29-26(31)18-33-22-14-12-20(13-15-22)16-25-27(32)30(28(34)35-25)17-21-8-4-3-5-9-21/h3-16,19H,17-18H2,1-2H3,(H,29,31)/b25-16-. The van der Waals surface area contributed by atoms with E-state index in [-0.39, 0.29) is 18.4 Å². The maximum atomic E-state index is 12.9. The lowest BCUT2D eigenvalue weighted by atomic mass is 10.0. The van der Waals surface area contributed by atoms with Gasteiger partial charge in [0.15, 0.2) is 6.61 Å². The van der Waals surface area contributed by atoms with Crippen molar-refractivity contribution >= 4 is 51.9 Å². The molecule has 2 amide bonds. The molecule has 35 heavy (non-hydrogen) atoms. The smallest absolute Gasteiger partial charge is 0.266 e. The van der Waals surface area contributed by atoms with Gasteiger partial charge >= 0.3 is 0 Å². The topological polar surface area (TPSA) is 58.6 Å². The number of nitrogens with zero attached hydrogens (tertiary/aromatic N) is 1. The van der Waals surface area contributed by atoms with Crippen LogP contribution in [0.5, 0.6) is 5.75 Å². The molecule has 1 fully saturated rings. The van der Waals surface area contributed by atoms with Crippen molar-refractivity contribution in [3.8, 4) is 5.75 Å². The molecular formula is C28H26N2O3S2. The van der Waals surface area contributed by atoms with Crippen molar-refractivity contribution in [1.82, 2.24) is 4.90 Å². The van der Waals surface area contributed by atoms with Crippen LogP contribution in [0.25, 0.3) is 6.08 Å². The zero-order chi connectivity index (χ0) is 24.8. The van der Waals surface area contributed by atoms with E-state index in [2.05, 4.69) is 19.2 Å². The van der Waals surface area contributed by atoms with Crippen molar-refractivity contribution in [2.45, 2.75) is 26.3 Å². The van der Waals surface area contributed by atoms with Gasteiger partial charge in [-0.05, 0) is 46.9 Å². The molecule has 0 radical (unpaired) electrons. The Morgan fingerprint density at radius 3 is 2.43 bits per heavy atom. The lowest BCUT2D eigenvalue weighted by molar-refractivity contribution is -0.122. The van der Waals surface area contributed by atoms with E-state index in [1.165, 1.54) is 11.8 Å². The van der Waals surface area contributed by atoms with Crippen LogP contribution in [0.3, 0.4) is 0 Å². The van der Waals surface area contributed by atoms with E-state index in [1.807, 2.05) is 72.8 Å². The van der Waals surface area contributed by atoms with E-state index in [0.717, 1.165) is 22.4 Å². The molecule has 1 heterocycles. The minimum Gasteiger partial charge on any atom is -0.484 e. The van der Waals surface area contributed by atoms with Crippen molar-refractivity contribution < 1.29 is 14.3 Å². The molecule has 1 aliphatic heterocycles. The van der Waals surface area contributed by atoms with E-state index < -0.39 is 0 Å². The maximum Gasteiger partial charge on any atom is 0.266 e. The summed E-state index contributed by atoms with van der Waals surface area (Å²) >= 11 is 6.73. The Kier molecular flexibility index (Phi) is 8.00. The number of carbonyl (C=O) groups excluding carboxylic acids is 2. The molecule has 5 nitrogen and oxygen atoms in total. The quantitative estimate of drug-likeness (QED) is 0.292. The van der Waals surface area contributed by atoms with Crippen LogP contribution in [0, 0.1) is 0 Å². The van der Waals surface area contributed by atoms with Crippen LogP contribution in [0.2, 0.25) is 0 Å². The van der Waals surface area contributed by atoms with Gasteiger partial charge in [0.1, 0.15) is 10.1 Å². The van der Waals surface area contributed by atoms with Gasteiger partial charge in [-0.2, -0.15) is 0 Å². The molecule has 4 rings (SSSR count). The van der Waals surface area contributed by atoms with Gasteiger partial charge in [-0.15, -0.1) is 0 Å². The highest BCUT2D eigenvalue weighted by atomic mass is 32.2. The molecule has 1 N–H and O–H groups in total. The fourth-order valence-corrected chi connectivity index (χ4v) is 4.92. The molecule has 0 aromatic heterocycles. The first-order chi connectivity index (χ1) is 16.9. The molecule has 178 valence electrons. The average Bonchev–Trinajstić information content (AvgIpc) is 3.11. The van der Waals surface area contributed by atoms with Crippen LogP contribution >= 0.6 is 24.0 Å². The van der Waals surface area contributed by atoms with Crippen LogP contribution < -0.4 is 10.1 Å². The number of rotatable bonds is 8. The Balaban J connectivity index is 1.34. The molecule has 0 aliphatic carbocycles. The molecule has 7 heteroatoms. The van der Waals surface area contributed by atoms with Gasteiger partial charge in [0.2, 0.25) is 0 Å². The molecule has 0 saturated carbocycles. The summed E-state index contributed by atoms with van der Waals surface area (Å²) in [6.45, 7) is 4.54. The first-order valence-corrected chi connectivity index (χ1v) is 12.5. The monoisotopic (exact) mass is 502 g/mol. The predicted octanol–water partition coefficient (Wildman–Crippen LogP) is 6.23. The lowest BCUT2D eigenvalue weighted by Crippen LogP contribution is -2.27. The highest BCUT2D eigenvalue weighted by molar-refractivity contribution is 8.26. The number of carbonyl (C=O) groups is 2. The second kappa shape index (κ2) is 11.3. The fourth-order valence-electron chi connectivity index (χ4n) is 3.66. The highest BCUT2D eigenvalue weighted by Crippen LogP contribution is 2.33. The van der Waals surface area contributed by atoms with Crippen molar-refractivity contribution in [2.24, 2.45) is 0 Å². The summed E-state index contributed by atoms with van der Waals surface area (Å²) in [6.07, 6.45) is 1.82. The van der Waals surface area contributed by atoms with Gasteiger partial charge in [-0.25, -0.2) is 0 Å². The minimum atomic E-state index is -0.218. The number of hydrogen-bond acceptors (Lipinski definition) is 5. The zero-order valence-electron chi connectivity index (χ0n) is 19.6. The summed E-state index contributed by atoms with van der Waals surface area (Å²) in [7, 11) is 0. The number of amides is 2. The summed E-state index contributed by atoms with van der Waals surface area (Å²) in [4.78, 5) is 27.5. The molecule has 0 bridgehead atoms. The van der Waals surface area contributed by atoms with Crippen LogP contribution in [0.1, 0.15) is 36.5 Å². The van der Waals surface area contributed by atoms with Crippen LogP contribution in [-0.2, 0) is 16.1 Å². The van der Waals surface area contributed by atoms with E-state index in [4.69, 9.17) is 17.0 Å². The molecule has 3 aromatic rings. The summed E-state index contributed by atoms with van der Waals surface area (Å²) in [5.74, 6) is 0.566. The van der Waals surface area contributed by atoms with Gasteiger partial charge in [-0.3, -0.25) is 14.5 Å². The predicted molar refractivity (Wildman–Crippen MR) is 146 cm³/mol. The number of hydrogen-bond donors (Lipinski definition) is 1. The zero-order valence-corrected chi connectivity index (χ0v) is 21.2. The Labute approximate surface area is 215 Å². The Hall–Kier alpha value is -3.42. The van der Waals surface area contributed by atoms with Crippen molar-refractivity contribution in [2.75, 3.05) is 11.9 Å². The van der Waals surface area contributed by atoms with Gasteiger partial charge < -0.3 is 10.1 Å². The van der Waals surface area contributed by atoms with Gasteiger partial charge in [-0.1, -0.05) is 98.5 Å². The Morgan fingerprint density at radius 2 is 1.71 bits per heavy atom. The SMILES string of the molecule is CC(C)c1ccccc1NC(=O)COc1ccc(/C=C2\SC(=S)N(Cc3ccccc3)C2=O)cc1. The van der Waals surface area contributed by atoms with Crippen molar-refractivity contribution in [3.63, 3.8) is 0 Å². The van der Waals surface area contributed by atoms with E-state index in [0.29, 0.717) is 27.4 Å². The Bertz CT molecular complexity index is 1250. The van der Waals surface area contributed by atoms with Crippen LogP contribution in [0.15, 0.2) is 83.8 Å². The van der Waals surface area contributed by atoms with E-state index in [1.54, 1.807) is 17.0 Å². The first kappa shape index (κ1) is 24.7.